The number of fused-ring (bicyclic) bond motifs is 1. The number of oxazole rings is 1. The average molecular weight is 355 g/mol. The zero-order valence-corrected chi connectivity index (χ0v) is 14.3. The van der Waals surface area contributed by atoms with Crippen molar-refractivity contribution < 1.29 is 13.6 Å². The van der Waals surface area contributed by atoms with Crippen LogP contribution in [0.4, 0.5) is 10.1 Å². The number of rotatable bonds is 2. The van der Waals surface area contributed by atoms with Crippen LogP contribution in [-0.2, 0) is 7.05 Å². The highest BCUT2D eigenvalue weighted by molar-refractivity contribution is 5.97. The maximum atomic E-state index is 13.1. The van der Waals surface area contributed by atoms with Crippen LogP contribution in [0.25, 0.3) is 11.1 Å². The number of hydrogen-bond acceptors (Lipinski definition) is 4. The van der Waals surface area contributed by atoms with Gasteiger partial charge in [0.15, 0.2) is 5.58 Å². The lowest BCUT2D eigenvalue weighted by Gasteiger charge is -2.36. The Morgan fingerprint density at radius 1 is 1.04 bits per heavy atom. The normalized spacial score (nSPS) is 14.8. The molecule has 3 aromatic rings. The van der Waals surface area contributed by atoms with E-state index in [1.54, 1.807) is 42.3 Å². The summed E-state index contributed by atoms with van der Waals surface area (Å²) in [5.41, 5.74) is 2.55. The van der Waals surface area contributed by atoms with Gasteiger partial charge in [0, 0.05) is 44.5 Å². The summed E-state index contributed by atoms with van der Waals surface area (Å²) in [6.07, 6.45) is 0. The van der Waals surface area contributed by atoms with E-state index in [1.807, 2.05) is 0 Å². The highest BCUT2D eigenvalue weighted by Gasteiger charge is 2.23. The van der Waals surface area contributed by atoms with Gasteiger partial charge in [0.25, 0.3) is 5.91 Å². The molecule has 0 unspecified atom stereocenters. The van der Waals surface area contributed by atoms with Gasteiger partial charge in [0.1, 0.15) is 5.82 Å². The van der Waals surface area contributed by atoms with Gasteiger partial charge in [-0.15, -0.1) is 0 Å². The van der Waals surface area contributed by atoms with E-state index in [9.17, 15) is 14.0 Å². The van der Waals surface area contributed by atoms with Crippen LogP contribution in [0.15, 0.2) is 51.7 Å². The third kappa shape index (κ3) is 2.85. The van der Waals surface area contributed by atoms with Gasteiger partial charge in [-0.2, -0.15) is 0 Å². The molecule has 6 nitrogen and oxygen atoms in total. The molecule has 1 saturated heterocycles. The second-order valence-electron chi connectivity index (χ2n) is 6.37. The van der Waals surface area contributed by atoms with E-state index in [2.05, 4.69) is 4.90 Å². The molecule has 0 aliphatic carbocycles. The number of anilines is 1. The highest BCUT2D eigenvalue weighted by Crippen LogP contribution is 2.19. The monoisotopic (exact) mass is 355 g/mol. The van der Waals surface area contributed by atoms with Crippen LogP contribution in [0.1, 0.15) is 10.4 Å². The molecule has 4 rings (SSSR count). The molecule has 0 saturated carbocycles. The van der Waals surface area contributed by atoms with Crippen LogP contribution in [0.3, 0.4) is 0 Å². The molecule has 7 heteroatoms. The van der Waals surface area contributed by atoms with Gasteiger partial charge in [-0.05, 0) is 42.5 Å². The standard InChI is InChI=1S/C19H18FN3O3/c1-21-16-12-13(2-7-17(16)26-19(21)25)18(24)23-10-8-22(9-11-23)15-5-3-14(20)4-6-15/h2-7,12H,8-11H2,1H3. The highest BCUT2D eigenvalue weighted by atomic mass is 19.1. The van der Waals surface area contributed by atoms with E-state index >= 15 is 0 Å². The van der Waals surface area contributed by atoms with E-state index in [1.165, 1.54) is 16.7 Å². The van der Waals surface area contributed by atoms with Crippen LogP contribution in [0.5, 0.6) is 0 Å². The largest absolute Gasteiger partial charge is 0.419 e. The van der Waals surface area contributed by atoms with Gasteiger partial charge in [-0.1, -0.05) is 0 Å². The molecule has 0 atom stereocenters. The lowest BCUT2D eigenvalue weighted by Crippen LogP contribution is -2.48. The summed E-state index contributed by atoms with van der Waals surface area (Å²) in [7, 11) is 1.61. The predicted octanol–water partition coefficient (Wildman–Crippen LogP) is 2.23. The number of carbonyl (C=O) groups excluding carboxylic acids is 1. The maximum absolute atomic E-state index is 13.1. The minimum Gasteiger partial charge on any atom is -0.408 e. The molecule has 1 aliphatic heterocycles. The minimum atomic E-state index is -0.447. The topological polar surface area (TPSA) is 58.7 Å². The van der Waals surface area contributed by atoms with E-state index in [0.717, 1.165) is 5.69 Å². The molecule has 1 aliphatic rings. The Morgan fingerprint density at radius 3 is 2.42 bits per heavy atom. The second kappa shape index (κ2) is 6.33. The SMILES string of the molecule is Cn1c(=O)oc2ccc(C(=O)N3CCN(c4ccc(F)cc4)CC3)cc21. The summed E-state index contributed by atoms with van der Waals surface area (Å²) < 4.78 is 19.5. The summed E-state index contributed by atoms with van der Waals surface area (Å²) in [5, 5.41) is 0. The molecule has 0 radical (unpaired) electrons. The first-order valence-electron chi connectivity index (χ1n) is 8.42. The van der Waals surface area contributed by atoms with Gasteiger partial charge in [-0.25, -0.2) is 9.18 Å². The minimum absolute atomic E-state index is 0.0701. The number of benzene rings is 2. The third-order valence-electron chi connectivity index (χ3n) is 4.80. The third-order valence-corrected chi connectivity index (χ3v) is 4.80. The fraction of sp³-hybridized carbons (Fsp3) is 0.263. The van der Waals surface area contributed by atoms with Crippen molar-refractivity contribution in [1.29, 1.82) is 0 Å². The molecule has 2 aromatic carbocycles. The van der Waals surface area contributed by atoms with Crippen LogP contribution < -0.4 is 10.7 Å². The lowest BCUT2D eigenvalue weighted by molar-refractivity contribution is 0.0747. The Kier molecular flexibility index (Phi) is 3.99. The molecule has 26 heavy (non-hydrogen) atoms. The van der Waals surface area contributed by atoms with Crippen LogP contribution in [0.2, 0.25) is 0 Å². The molecule has 1 fully saturated rings. The van der Waals surface area contributed by atoms with Crippen molar-refractivity contribution in [1.82, 2.24) is 9.47 Å². The molecule has 1 amide bonds. The van der Waals surface area contributed by atoms with Gasteiger partial charge < -0.3 is 14.2 Å². The molecular weight excluding hydrogens is 337 g/mol. The number of hydrogen-bond donors (Lipinski definition) is 0. The van der Waals surface area contributed by atoms with E-state index in [4.69, 9.17) is 4.42 Å². The molecular formula is C19H18FN3O3. The molecule has 0 spiro atoms. The van der Waals surface area contributed by atoms with Crippen LogP contribution in [0, 0.1) is 5.82 Å². The van der Waals surface area contributed by atoms with Crippen molar-refractivity contribution in [2.75, 3.05) is 31.1 Å². The summed E-state index contributed by atoms with van der Waals surface area (Å²) in [6.45, 7) is 2.53. The van der Waals surface area contributed by atoms with Crippen molar-refractivity contribution >= 4 is 22.7 Å². The van der Waals surface area contributed by atoms with Crippen LogP contribution >= 0.6 is 0 Å². The number of nitrogens with zero attached hydrogens (tertiary/aromatic N) is 3. The van der Waals surface area contributed by atoms with Gasteiger partial charge in [0.2, 0.25) is 0 Å². The Hall–Kier alpha value is -3.09. The fourth-order valence-corrected chi connectivity index (χ4v) is 3.26. The zero-order chi connectivity index (χ0) is 18.3. The molecule has 1 aromatic heterocycles. The molecule has 2 heterocycles. The number of aryl methyl sites for hydroxylation is 1. The summed E-state index contributed by atoms with van der Waals surface area (Å²) >= 11 is 0. The number of halogens is 1. The van der Waals surface area contributed by atoms with Crippen molar-refractivity contribution in [2.24, 2.45) is 7.05 Å². The zero-order valence-electron chi connectivity index (χ0n) is 14.3. The van der Waals surface area contributed by atoms with E-state index < -0.39 is 5.76 Å². The number of carbonyl (C=O) groups is 1. The Labute approximate surface area is 149 Å². The smallest absolute Gasteiger partial charge is 0.408 e. The number of piperazine rings is 1. The first-order valence-corrected chi connectivity index (χ1v) is 8.42. The Balaban J connectivity index is 1.49. The van der Waals surface area contributed by atoms with Crippen molar-refractivity contribution in [3.63, 3.8) is 0 Å². The second-order valence-corrected chi connectivity index (χ2v) is 6.37. The predicted molar refractivity (Wildman–Crippen MR) is 96.0 cm³/mol. The van der Waals surface area contributed by atoms with Crippen molar-refractivity contribution in [3.8, 4) is 0 Å². The summed E-state index contributed by atoms with van der Waals surface area (Å²) in [4.78, 5) is 28.3. The Bertz CT molecular complexity index is 1010. The van der Waals surface area contributed by atoms with E-state index in [-0.39, 0.29) is 11.7 Å². The first kappa shape index (κ1) is 16.4. The molecule has 134 valence electrons. The Morgan fingerprint density at radius 2 is 1.73 bits per heavy atom. The van der Waals surface area contributed by atoms with Crippen molar-refractivity contribution in [2.45, 2.75) is 0 Å². The van der Waals surface area contributed by atoms with E-state index in [0.29, 0.717) is 42.8 Å². The van der Waals surface area contributed by atoms with Crippen LogP contribution in [-0.4, -0.2) is 41.6 Å². The molecule has 0 bridgehead atoms. The molecule has 0 N–H and O–H groups in total. The average Bonchev–Trinajstić information content (AvgIpc) is 2.95. The fourth-order valence-electron chi connectivity index (χ4n) is 3.26. The van der Waals surface area contributed by atoms with Gasteiger partial charge in [0.05, 0.1) is 5.52 Å². The van der Waals surface area contributed by atoms with Crippen molar-refractivity contribution in [3.05, 3.63) is 64.4 Å². The lowest BCUT2D eigenvalue weighted by atomic mass is 10.1. The maximum Gasteiger partial charge on any atom is 0.419 e. The summed E-state index contributed by atoms with van der Waals surface area (Å²) in [5.74, 6) is -0.775. The number of aromatic nitrogens is 1. The summed E-state index contributed by atoms with van der Waals surface area (Å²) in [6, 6.07) is 11.4. The first-order chi connectivity index (χ1) is 12.5. The van der Waals surface area contributed by atoms with Gasteiger partial charge >= 0.3 is 5.76 Å². The quantitative estimate of drug-likeness (QED) is 0.707. The van der Waals surface area contributed by atoms with Gasteiger partial charge in [-0.3, -0.25) is 9.36 Å². The number of amides is 1.